The minimum atomic E-state index is -0.238. The molecule has 0 aliphatic rings. The molecule has 0 spiro atoms. The molecule has 0 unspecified atom stereocenters. The van der Waals surface area contributed by atoms with Gasteiger partial charge in [0.1, 0.15) is 0 Å². The first kappa shape index (κ1) is 12.2. The molecule has 70 valence electrons. The number of hydrogen-bond acceptors (Lipinski definition) is 2. The maximum atomic E-state index is 11.0. The molecular weight excluding hydrogens is 288 g/mol. The fourth-order valence-corrected chi connectivity index (χ4v) is 0.846. The number of carbonyl (C=O) groups excluding carboxylic acids is 1. The Morgan fingerprint density at radius 3 is 2.58 bits per heavy atom. The summed E-state index contributed by atoms with van der Waals surface area (Å²) in [5.74, 6) is -0.238. The number of rotatable bonds is 4. The van der Waals surface area contributed by atoms with Crippen LogP contribution >= 0.6 is 31.9 Å². The molecule has 0 aromatic carbocycles. The summed E-state index contributed by atoms with van der Waals surface area (Å²) in [5.41, 5.74) is 0.649. The highest BCUT2D eigenvalue weighted by Gasteiger charge is 2.05. The van der Waals surface area contributed by atoms with E-state index < -0.39 is 0 Å². The summed E-state index contributed by atoms with van der Waals surface area (Å²) in [6.07, 6.45) is 2.50. The average molecular weight is 300 g/mol. The number of carbonyl (C=O) groups is 1. The van der Waals surface area contributed by atoms with E-state index in [9.17, 15) is 4.79 Å². The monoisotopic (exact) mass is 298 g/mol. The van der Waals surface area contributed by atoms with E-state index in [4.69, 9.17) is 4.74 Å². The topological polar surface area (TPSA) is 26.3 Å². The maximum Gasteiger partial charge on any atom is 0.333 e. The van der Waals surface area contributed by atoms with Crippen molar-refractivity contribution in [3.63, 3.8) is 0 Å². The first-order valence-corrected chi connectivity index (χ1v) is 5.49. The van der Waals surface area contributed by atoms with Gasteiger partial charge in [0, 0.05) is 12.0 Å². The van der Waals surface area contributed by atoms with Crippen LogP contribution in [0.1, 0.15) is 20.3 Å². The fourth-order valence-electron chi connectivity index (χ4n) is 0.472. The third kappa shape index (κ3) is 5.77. The molecule has 0 aromatic heterocycles. The molecule has 12 heavy (non-hydrogen) atoms. The average Bonchev–Trinajstić information content (AvgIpc) is 2.02. The Morgan fingerprint density at radius 1 is 1.58 bits per heavy atom. The van der Waals surface area contributed by atoms with Gasteiger partial charge < -0.3 is 4.74 Å². The number of esters is 1. The summed E-state index contributed by atoms with van der Waals surface area (Å²) < 4.78 is 5.15. The summed E-state index contributed by atoms with van der Waals surface area (Å²) in [6, 6.07) is 0. The predicted octanol–water partition coefficient (Wildman–Crippen LogP) is 3.00. The number of halogens is 2. The smallest absolute Gasteiger partial charge is 0.333 e. The molecule has 0 heterocycles. The van der Waals surface area contributed by atoms with Gasteiger partial charge in [0.05, 0.1) is 10.3 Å². The quantitative estimate of drug-likeness (QED) is 0.453. The summed E-state index contributed by atoms with van der Waals surface area (Å²) in [5, 5.41) is 0. The van der Waals surface area contributed by atoms with E-state index >= 15 is 0 Å². The van der Waals surface area contributed by atoms with Crippen molar-refractivity contribution in [3.05, 3.63) is 11.6 Å². The van der Waals surface area contributed by atoms with Crippen LogP contribution in [0, 0.1) is 0 Å². The van der Waals surface area contributed by atoms with Crippen LogP contribution in [0.25, 0.3) is 0 Å². The minimum Gasteiger partial charge on any atom is -0.462 e. The lowest BCUT2D eigenvalue weighted by Crippen LogP contribution is -2.08. The molecule has 0 atom stereocenters. The molecule has 0 radical (unpaired) electrons. The Labute approximate surface area is 89.6 Å². The second kappa shape index (κ2) is 6.66. The molecule has 0 saturated heterocycles. The largest absolute Gasteiger partial charge is 0.462 e. The Hall–Kier alpha value is 0.170. The molecule has 0 N–H and O–H groups in total. The molecule has 2 nitrogen and oxygen atoms in total. The first-order valence-electron chi connectivity index (χ1n) is 3.66. The van der Waals surface area contributed by atoms with Crippen LogP contribution in [0.15, 0.2) is 11.6 Å². The normalized spacial score (nSPS) is 11.9. The van der Waals surface area contributed by atoms with E-state index in [2.05, 4.69) is 31.9 Å². The molecule has 4 heteroatoms. The van der Waals surface area contributed by atoms with Gasteiger partial charge in [-0.1, -0.05) is 37.9 Å². The van der Waals surface area contributed by atoms with Gasteiger partial charge in [-0.25, -0.2) is 4.79 Å². The lowest BCUT2D eigenvalue weighted by molar-refractivity contribution is -0.138. The zero-order valence-electron chi connectivity index (χ0n) is 7.14. The highest BCUT2D eigenvalue weighted by Crippen LogP contribution is 2.12. The zero-order chi connectivity index (χ0) is 9.56. The molecule has 0 bridgehead atoms. The second-order valence-corrected chi connectivity index (χ2v) is 5.73. The van der Waals surface area contributed by atoms with Crippen LogP contribution < -0.4 is 0 Å². The van der Waals surface area contributed by atoms with Crippen LogP contribution in [-0.2, 0) is 9.53 Å². The minimum absolute atomic E-state index is 0.212. The van der Waals surface area contributed by atoms with E-state index in [-0.39, 0.29) is 9.71 Å². The van der Waals surface area contributed by atoms with Crippen molar-refractivity contribution in [1.82, 2.24) is 0 Å². The van der Waals surface area contributed by atoms with Gasteiger partial charge in [-0.3, -0.25) is 0 Å². The van der Waals surface area contributed by atoms with Crippen molar-refractivity contribution in [3.8, 4) is 0 Å². The van der Waals surface area contributed by atoms with E-state index in [1.165, 1.54) is 0 Å². The third-order valence-electron chi connectivity index (χ3n) is 1.32. The third-order valence-corrected chi connectivity index (χ3v) is 2.24. The maximum absolute atomic E-state index is 11.0. The standard InChI is InChI=1S/C8H12Br2O2/c1-3-6(2)8(11)12-5-4-7(9)10/h3,7H,4-5H2,1-2H3. The lowest BCUT2D eigenvalue weighted by Gasteiger charge is -2.04. The van der Waals surface area contributed by atoms with E-state index in [0.29, 0.717) is 12.2 Å². The summed E-state index contributed by atoms with van der Waals surface area (Å²) >= 11 is 6.58. The van der Waals surface area contributed by atoms with Gasteiger partial charge in [0.15, 0.2) is 0 Å². The van der Waals surface area contributed by atoms with Gasteiger partial charge in [0.2, 0.25) is 0 Å². The number of hydrogen-bond donors (Lipinski definition) is 0. The predicted molar refractivity (Wildman–Crippen MR) is 56.6 cm³/mol. The first-order chi connectivity index (χ1) is 5.57. The Bertz CT molecular complexity index is 176. The van der Waals surface area contributed by atoms with Crippen LogP contribution in [0.4, 0.5) is 0 Å². The Morgan fingerprint density at radius 2 is 2.17 bits per heavy atom. The summed E-state index contributed by atoms with van der Waals surface area (Å²) in [6.45, 7) is 3.99. The van der Waals surface area contributed by atoms with Crippen LogP contribution in [0.2, 0.25) is 0 Å². The van der Waals surface area contributed by atoms with Crippen molar-refractivity contribution < 1.29 is 9.53 Å². The van der Waals surface area contributed by atoms with Gasteiger partial charge >= 0.3 is 5.97 Å². The highest BCUT2D eigenvalue weighted by atomic mass is 79.9. The molecule has 0 fully saturated rings. The van der Waals surface area contributed by atoms with Gasteiger partial charge in [-0.15, -0.1) is 0 Å². The molecule has 0 aliphatic carbocycles. The number of allylic oxidation sites excluding steroid dienone is 1. The summed E-state index contributed by atoms with van der Waals surface area (Å²) in [7, 11) is 0. The van der Waals surface area contributed by atoms with Gasteiger partial charge in [-0.2, -0.15) is 0 Å². The van der Waals surface area contributed by atoms with Crippen molar-refractivity contribution in [1.29, 1.82) is 0 Å². The SMILES string of the molecule is CC=C(C)C(=O)OCCC(Br)Br. The molecule has 0 aliphatic heterocycles. The van der Waals surface area contributed by atoms with Crippen molar-refractivity contribution in [2.75, 3.05) is 6.61 Å². The Kier molecular flexibility index (Phi) is 6.76. The molecule has 0 amide bonds. The molecule has 0 aromatic rings. The molecule has 0 rings (SSSR count). The van der Waals surface area contributed by atoms with E-state index in [1.54, 1.807) is 13.0 Å². The van der Waals surface area contributed by atoms with Crippen LogP contribution in [0.3, 0.4) is 0 Å². The Balaban J connectivity index is 3.58. The molecule has 0 saturated carbocycles. The lowest BCUT2D eigenvalue weighted by atomic mass is 10.3. The number of alkyl halides is 2. The number of ether oxygens (including phenoxy) is 1. The van der Waals surface area contributed by atoms with Crippen molar-refractivity contribution in [2.45, 2.75) is 24.0 Å². The molecular formula is C8H12Br2O2. The van der Waals surface area contributed by atoms with E-state index in [0.717, 1.165) is 6.42 Å². The fraction of sp³-hybridized carbons (Fsp3) is 0.625. The summed E-state index contributed by atoms with van der Waals surface area (Å²) in [4.78, 5) is 11.0. The van der Waals surface area contributed by atoms with Gasteiger partial charge in [-0.05, 0) is 13.8 Å². The van der Waals surface area contributed by atoms with Crippen LogP contribution in [0.5, 0.6) is 0 Å². The van der Waals surface area contributed by atoms with Crippen molar-refractivity contribution >= 4 is 37.8 Å². The van der Waals surface area contributed by atoms with E-state index in [1.807, 2.05) is 6.92 Å². The second-order valence-electron chi connectivity index (χ2n) is 2.29. The highest BCUT2D eigenvalue weighted by molar-refractivity contribution is 9.24. The zero-order valence-corrected chi connectivity index (χ0v) is 10.3. The van der Waals surface area contributed by atoms with Crippen LogP contribution in [-0.4, -0.2) is 16.3 Å². The van der Waals surface area contributed by atoms with Crippen molar-refractivity contribution in [2.24, 2.45) is 0 Å². The van der Waals surface area contributed by atoms with Gasteiger partial charge in [0.25, 0.3) is 0 Å².